The maximum atomic E-state index is 11.8. The average molecular weight is 595 g/mol. The van der Waals surface area contributed by atoms with Gasteiger partial charge in [0, 0.05) is 23.5 Å². The number of imidazole rings is 1. The van der Waals surface area contributed by atoms with Crippen LogP contribution in [0.25, 0.3) is 28.5 Å². The Balaban J connectivity index is 1.84. The lowest BCUT2D eigenvalue weighted by Crippen LogP contribution is -2.26. The van der Waals surface area contributed by atoms with Crippen LogP contribution >= 0.6 is 11.6 Å². The quantitative estimate of drug-likeness (QED) is 0.234. The first-order valence-electron chi connectivity index (χ1n) is 12.4. The van der Waals surface area contributed by atoms with Crippen LogP contribution in [-0.2, 0) is 11.3 Å². The van der Waals surface area contributed by atoms with Crippen LogP contribution < -0.4 is 18.9 Å². The monoisotopic (exact) mass is 594 g/mol. The summed E-state index contributed by atoms with van der Waals surface area (Å²) in [5.41, 5.74) is 2.77. The number of ether oxygens (including phenoxy) is 3. The van der Waals surface area contributed by atoms with E-state index in [1.54, 1.807) is 53.2 Å². The van der Waals surface area contributed by atoms with E-state index in [-0.39, 0.29) is 22.1 Å². The standard InChI is InChI=1S/C27H26ClN7O5S/c1-5-40-20-11-6-8-17(30-20)26-33-25-27(35(26)23-18(38-3)9-7-10-19(23)39-4)31-22(24(28)32-25)21(34-41(36)37)16-13-12-15(2)14-29-16/h6-14,21,34H,5H2,1-4H3,(H,36,37)/p-1. The van der Waals surface area contributed by atoms with E-state index in [9.17, 15) is 8.76 Å². The highest BCUT2D eigenvalue weighted by molar-refractivity contribution is 7.77. The first-order valence-corrected chi connectivity index (χ1v) is 13.8. The zero-order chi connectivity index (χ0) is 29.1. The Morgan fingerprint density at radius 2 is 1.76 bits per heavy atom. The fourth-order valence-corrected chi connectivity index (χ4v) is 4.93. The second kappa shape index (κ2) is 12.1. The Morgan fingerprint density at radius 1 is 1.02 bits per heavy atom. The summed E-state index contributed by atoms with van der Waals surface area (Å²) in [5, 5.41) is -0.0537. The third-order valence-corrected chi connectivity index (χ3v) is 6.77. The maximum Gasteiger partial charge on any atom is 0.213 e. The van der Waals surface area contributed by atoms with Crippen molar-refractivity contribution >= 4 is 34.2 Å². The number of nitrogens with zero attached hydrogens (tertiary/aromatic N) is 6. The first kappa shape index (κ1) is 28.4. The van der Waals surface area contributed by atoms with Gasteiger partial charge in [-0.25, -0.2) is 24.7 Å². The molecule has 14 heteroatoms. The summed E-state index contributed by atoms with van der Waals surface area (Å²) in [6.45, 7) is 4.17. The van der Waals surface area contributed by atoms with Gasteiger partial charge in [0.25, 0.3) is 0 Å². The lowest BCUT2D eigenvalue weighted by atomic mass is 10.1. The predicted octanol–water partition coefficient (Wildman–Crippen LogP) is 4.12. The van der Waals surface area contributed by atoms with E-state index in [4.69, 9.17) is 35.8 Å². The van der Waals surface area contributed by atoms with Gasteiger partial charge in [0.15, 0.2) is 22.3 Å². The second-order valence-electron chi connectivity index (χ2n) is 8.67. The van der Waals surface area contributed by atoms with Crippen molar-refractivity contribution in [2.24, 2.45) is 0 Å². The smallest absolute Gasteiger partial charge is 0.213 e. The topological polar surface area (TPSA) is 149 Å². The molecule has 0 saturated heterocycles. The molecule has 0 radical (unpaired) electrons. The number of fused-ring (bicyclic) bond motifs is 1. The van der Waals surface area contributed by atoms with E-state index < -0.39 is 17.3 Å². The molecule has 4 aromatic heterocycles. The minimum Gasteiger partial charge on any atom is -0.760 e. The summed E-state index contributed by atoms with van der Waals surface area (Å²) in [7, 11) is 3.07. The predicted molar refractivity (Wildman–Crippen MR) is 152 cm³/mol. The van der Waals surface area contributed by atoms with E-state index in [1.807, 2.05) is 19.9 Å². The Bertz CT molecular complexity index is 1710. The Kier molecular flexibility index (Phi) is 8.40. The Morgan fingerprint density at radius 3 is 2.39 bits per heavy atom. The van der Waals surface area contributed by atoms with Crippen molar-refractivity contribution in [3.8, 4) is 34.6 Å². The highest BCUT2D eigenvalue weighted by Crippen LogP contribution is 2.39. The zero-order valence-corrected chi connectivity index (χ0v) is 24.1. The molecule has 0 aliphatic rings. The molecule has 5 aromatic rings. The van der Waals surface area contributed by atoms with Crippen LogP contribution in [0.2, 0.25) is 5.15 Å². The van der Waals surface area contributed by atoms with Crippen molar-refractivity contribution in [1.29, 1.82) is 0 Å². The van der Waals surface area contributed by atoms with Crippen LogP contribution in [-0.4, -0.2) is 59.1 Å². The number of pyridine rings is 2. The number of rotatable bonds is 10. The van der Waals surface area contributed by atoms with Crippen LogP contribution in [0.3, 0.4) is 0 Å². The summed E-state index contributed by atoms with van der Waals surface area (Å²) < 4.78 is 44.8. The van der Waals surface area contributed by atoms with Gasteiger partial charge in [-0.3, -0.25) is 13.8 Å². The van der Waals surface area contributed by atoms with Crippen molar-refractivity contribution in [1.82, 2.24) is 34.2 Å². The maximum absolute atomic E-state index is 11.8. The molecule has 0 aliphatic heterocycles. The summed E-state index contributed by atoms with van der Waals surface area (Å²) >= 11 is 3.95. The molecule has 0 amide bonds. The molecule has 2 unspecified atom stereocenters. The number of aromatic nitrogens is 6. The van der Waals surface area contributed by atoms with Gasteiger partial charge in [0.05, 0.1) is 26.5 Å². The molecule has 1 aromatic carbocycles. The Hall–Kier alpha value is -4.17. The molecule has 41 heavy (non-hydrogen) atoms. The minimum atomic E-state index is -2.68. The summed E-state index contributed by atoms with van der Waals surface area (Å²) in [6.07, 6.45) is 1.62. The molecule has 1 N–H and O–H groups in total. The number of para-hydroxylation sites is 1. The van der Waals surface area contributed by atoms with Gasteiger partial charge in [-0.2, -0.15) is 0 Å². The van der Waals surface area contributed by atoms with Crippen LogP contribution in [0, 0.1) is 6.92 Å². The summed E-state index contributed by atoms with van der Waals surface area (Å²) in [4.78, 5) is 23.1. The van der Waals surface area contributed by atoms with E-state index >= 15 is 0 Å². The van der Waals surface area contributed by atoms with E-state index in [0.717, 1.165) is 5.56 Å². The van der Waals surface area contributed by atoms with Gasteiger partial charge in [-0.1, -0.05) is 29.8 Å². The molecule has 0 bridgehead atoms. The van der Waals surface area contributed by atoms with Crippen molar-refractivity contribution in [3.05, 3.63) is 76.8 Å². The molecule has 212 valence electrons. The second-order valence-corrected chi connectivity index (χ2v) is 9.73. The SMILES string of the molecule is CCOc1cccc(-c2nc3nc(Cl)c(C(NS(=O)[O-])c4ccc(C)cn4)nc3n2-c2c(OC)cccc2OC)n1. The van der Waals surface area contributed by atoms with Gasteiger partial charge in [0.1, 0.15) is 34.6 Å². The number of methoxy groups -OCH3 is 2. The fraction of sp³-hybridized carbons (Fsp3) is 0.222. The van der Waals surface area contributed by atoms with Gasteiger partial charge in [0.2, 0.25) is 5.88 Å². The molecule has 12 nitrogen and oxygen atoms in total. The summed E-state index contributed by atoms with van der Waals surface area (Å²) in [5.74, 6) is 1.67. The molecule has 4 heterocycles. The molecular formula is C27H25ClN7O5S-. The normalized spacial score (nSPS) is 12.7. The number of benzene rings is 1. The van der Waals surface area contributed by atoms with Crippen molar-refractivity contribution in [2.75, 3.05) is 20.8 Å². The zero-order valence-electron chi connectivity index (χ0n) is 22.5. The van der Waals surface area contributed by atoms with Gasteiger partial charge in [-0.15, -0.1) is 0 Å². The lowest BCUT2D eigenvalue weighted by molar-refractivity contribution is 0.327. The van der Waals surface area contributed by atoms with Crippen molar-refractivity contribution in [2.45, 2.75) is 19.9 Å². The molecule has 0 aliphatic carbocycles. The fourth-order valence-electron chi connectivity index (χ4n) is 4.28. The third kappa shape index (κ3) is 5.70. The van der Waals surface area contributed by atoms with Gasteiger partial charge < -0.3 is 18.8 Å². The number of halogens is 1. The molecule has 0 fully saturated rings. The summed E-state index contributed by atoms with van der Waals surface area (Å²) in [6, 6.07) is 13.1. The van der Waals surface area contributed by atoms with E-state index in [1.165, 1.54) is 14.2 Å². The van der Waals surface area contributed by atoms with E-state index in [2.05, 4.69) is 19.7 Å². The molecule has 0 saturated carbocycles. The first-order chi connectivity index (χ1) is 19.8. The van der Waals surface area contributed by atoms with Crippen molar-refractivity contribution < 1.29 is 23.0 Å². The average Bonchev–Trinajstić information content (AvgIpc) is 3.33. The van der Waals surface area contributed by atoms with Crippen LogP contribution in [0.4, 0.5) is 0 Å². The minimum absolute atomic E-state index is 0.0537. The molecule has 0 spiro atoms. The third-order valence-electron chi connectivity index (χ3n) is 6.06. The number of nitrogens with one attached hydrogen (secondary N) is 1. The number of aryl methyl sites for hydroxylation is 1. The largest absolute Gasteiger partial charge is 0.760 e. The van der Waals surface area contributed by atoms with Crippen LogP contribution in [0.15, 0.2) is 54.7 Å². The van der Waals surface area contributed by atoms with Gasteiger partial charge in [-0.05, 0) is 43.7 Å². The molecular weight excluding hydrogens is 570 g/mol. The van der Waals surface area contributed by atoms with Crippen molar-refractivity contribution in [3.63, 3.8) is 0 Å². The molecule has 5 rings (SSSR count). The van der Waals surface area contributed by atoms with Crippen LogP contribution in [0.5, 0.6) is 17.4 Å². The highest BCUT2D eigenvalue weighted by Gasteiger charge is 2.28. The lowest BCUT2D eigenvalue weighted by Gasteiger charge is -2.20. The van der Waals surface area contributed by atoms with Gasteiger partial charge >= 0.3 is 0 Å². The van der Waals surface area contributed by atoms with E-state index in [0.29, 0.717) is 46.9 Å². The number of hydrogen-bond donors (Lipinski definition) is 1. The number of hydrogen-bond acceptors (Lipinski definition) is 10. The van der Waals surface area contributed by atoms with Crippen LogP contribution in [0.1, 0.15) is 29.9 Å². The Labute approximate surface area is 243 Å². The highest BCUT2D eigenvalue weighted by atomic mass is 35.5. The molecule has 2 atom stereocenters.